The maximum absolute atomic E-state index is 13.2. The largest absolute Gasteiger partial charge is 0.370 e. The molecule has 2 heterocycles. The summed E-state index contributed by atoms with van der Waals surface area (Å²) in [6.45, 7) is 0. The molecular weight excluding hydrogens is 307 g/mol. The minimum Gasteiger partial charge on any atom is -0.370 e. The van der Waals surface area contributed by atoms with Gasteiger partial charge >= 0.3 is 0 Å². The summed E-state index contributed by atoms with van der Waals surface area (Å²) in [5.41, 5.74) is 9.24. The van der Waals surface area contributed by atoms with Crippen molar-refractivity contribution in [1.82, 2.24) is 15.2 Å². The van der Waals surface area contributed by atoms with Crippen molar-refractivity contribution in [1.29, 1.82) is 0 Å². The number of nitrogens with two attached hydrogens (primary N) is 1. The van der Waals surface area contributed by atoms with Crippen LogP contribution in [0.1, 0.15) is 18.5 Å². The van der Waals surface area contributed by atoms with Crippen LogP contribution >= 0.6 is 0 Å². The molecule has 3 aromatic rings. The van der Waals surface area contributed by atoms with Crippen molar-refractivity contribution in [2.45, 2.75) is 19.3 Å². The van der Waals surface area contributed by atoms with Crippen LogP contribution in [0.5, 0.6) is 0 Å². The van der Waals surface area contributed by atoms with Crippen LogP contribution in [0.3, 0.4) is 0 Å². The molecule has 3 N–H and O–H groups in total. The predicted octanol–water partition coefficient (Wildman–Crippen LogP) is 3.09. The van der Waals surface area contributed by atoms with Crippen LogP contribution in [0, 0.1) is 5.82 Å². The van der Waals surface area contributed by atoms with E-state index in [9.17, 15) is 9.18 Å². The van der Waals surface area contributed by atoms with Gasteiger partial charge in [-0.3, -0.25) is 14.9 Å². The van der Waals surface area contributed by atoms with Gasteiger partial charge in [-0.15, -0.1) is 0 Å². The van der Waals surface area contributed by atoms with Crippen molar-refractivity contribution in [2.75, 3.05) is 0 Å². The lowest BCUT2D eigenvalue weighted by Crippen LogP contribution is -2.10. The van der Waals surface area contributed by atoms with Crippen molar-refractivity contribution in [2.24, 2.45) is 5.73 Å². The Morgan fingerprint density at radius 2 is 1.96 bits per heavy atom. The number of benzene rings is 1. The van der Waals surface area contributed by atoms with Gasteiger partial charge in [-0.1, -0.05) is 6.07 Å². The van der Waals surface area contributed by atoms with Crippen LogP contribution in [0.15, 0.2) is 48.7 Å². The van der Waals surface area contributed by atoms with Gasteiger partial charge in [-0.25, -0.2) is 4.39 Å². The number of H-pyrrole nitrogens is 1. The van der Waals surface area contributed by atoms with Gasteiger partial charge in [0.1, 0.15) is 11.5 Å². The van der Waals surface area contributed by atoms with E-state index < -0.39 is 0 Å². The number of amides is 1. The minimum absolute atomic E-state index is 0.296. The van der Waals surface area contributed by atoms with E-state index in [0.29, 0.717) is 25.0 Å². The predicted molar refractivity (Wildman–Crippen MR) is 89.3 cm³/mol. The fourth-order valence-corrected chi connectivity index (χ4v) is 2.60. The highest BCUT2D eigenvalue weighted by atomic mass is 19.1. The first-order valence-electron chi connectivity index (χ1n) is 7.68. The van der Waals surface area contributed by atoms with E-state index in [0.717, 1.165) is 22.5 Å². The van der Waals surface area contributed by atoms with E-state index in [1.165, 1.54) is 12.1 Å². The van der Waals surface area contributed by atoms with Crippen LogP contribution < -0.4 is 5.73 Å². The number of rotatable bonds is 6. The summed E-state index contributed by atoms with van der Waals surface area (Å²) in [4.78, 5) is 15.4. The summed E-state index contributed by atoms with van der Waals surface area (Å²) in [5, 5.41) is 7.41. The number of pyridine rings is 1. The normalized spacial score (nSPS) is 10.7. The zero-order valence-electron chi connectivity index (χ0n) is 13.0. The van der Waals surface area contributed by atoms with E-state index in [1.54, 1.807) is 18.3 Å². The Labute approximate surface area is 138 Å². The van der Waals surface area contributed by atoms with Crippen LogP contribution in [0.2, 0.25) is 0 Å². The molecule has 0 spiro atoms. The van der Waals surface area contributed by atoms with Crippen LogP contribution in [0.25, 0.3) is 22.5 Å². The van der Waals surface area contributed by atoms with Gasteiger partial charge in [-0.2, -0.15) is 5.10 Å². The second-order valence-corrected chi connectivity index (χ2v) is 5.47. The fourth-order valence-electron chi connectivity index (χ4n) is 2.60. The number of carbonyl (C=O) groups excluding carboxylic acids is 1. The second kappa shape index (κ2) is 7.04. The van der Waals surface area contributed by atoms with Crippen molar-refractivity contribution in [3.8, 4) is 22.5 Å². The third-order valence-electron chi connectivity index (χ3n) is 3.73. The molecule has 0 saturated carbocycles. The number of nitrogens with zero attached hydrogens (tertiary/aromatic N) is 2. The number of carbonyl (C=O) groups is 1. The molecule has 1 amide bonds. The fraction of sp³-hybridized carbons (Fsp3) is 0.167. The smallest absolute Gasteiger partial charge is 0.217 e. The molecule has 2 aromatic heterocycles. The summed E-state index contributed by atoms with van der Waals surface area (Å²) in [6, 6.07) is 11.8. The third-order valence-corrected chi connectivity index (χ3v) is 3.73. The molecule has 24 heavy (non-hydrogen) atoms. The maximum Gasteiger partial charge on any atom is 0.217 e. The zero-order chi connectivity index (χ0) is 16.9. The summed E-state index contributed by atoms with van der Waals surface area (Å²) in [7, 11) is 0. The number of halogens is 1. The zero-order valence-corrected chi connectivity index (χ0v) is 13.0. The van der Waals surface area contributed by atoms with Gasteiger partial charge in [0.2, 0.25) is 5.91 Å². The lowest BCUT2D eigenvalue weighted by molar-refractivity contribution is -0.118. The van der Waals surface area contributed by atoms with Crippen LogP contribution in [0.4, 0.5) is 4.39 Å². The first-order chi connectivity index (χ1) is 11.6. The first kappa shape index (κ1) is 15.9. The number of aryl methyl sites for hydroxylation is 1. The molecule has 0 aliphatic heterocycles. The highest BCUT2D eigenvalue weighted by Gasteiger charge is 2.17. The van der Waals surface area contributed by atoms with Crippen LogP contribution in [-0.2, 0) is 11.2 Å². The van der Waals surface area contributed by atoms with Crippen molar-refractivity contribution in [3.05, 3.63) is 60.2 Å². The molecular formula is C18H17FN4O. The Morgan fingerprint density at radius 3 is 2.62 bits per heavy atom. The third kappa shape index (κ3) is 3.48. The molecule has 0 radical (unpaired) electrons. The summed E-state index contributed by atoms with van der Waals surface area (Å²) < 4.78 is 13.2. The number of aromatic nitrogens is 3. The van der Waals surface area contributed by atoms with Gasteiger partial charge in [0.05, 0.1) is 5.69 Å². The molecule has 0 aliphatic rings. The van der Waals surface area contributed by atoms with Crippen LogP contribution in [-0.4, -0.2) is 21.1 Å². The minimum atomic E-state index is -0.326. The number of primary amides is 1. The SMILES string of the molecule is NC(=O)CCCc1[nH]nc(-c2ccc(F)cc2)c1-c1ccccn1. The molecule has 0 atom stereocenters. The second-order valence-electron chi connectivity index (χ2n) is 5.47. The average Bonchev–Trinajstić information content (AvgIpc) is 3.00. The molecule has 6 heteroatoms. The number of aromatic amines is 1. The average molecular weight is 324 g/mol. The lowest BCUT2D eigenvalue weighted by atomic mass is 10.00. The Morgan fingerprint density at radius 1 is 1.17 bits per heavy atom. The first-order valence-corrected chi connectivity index (χ1v) is 7.68. The molecule has 122 valence electrons. The van der Waals surface area contributed by atoms with E-state index in [1.807, 2.05) is 18.2 Å². The molecule has 0 aliphatic carbocycles. The summed E-state index contributed by atoms with van der Waals surface area (Å²) in [5.74, 6) is -0.622. The Bertz CT molecular complexity index is 828. The van der Waals surface area contributed by atoms with Gasteiger partial charge in [0, 0.05) is 29.4 Å². The molecule has 0 fully saturated rings. The molecule has 0 saturated heterocycles. The number of hydrogen-bond acceptors (Lipinski definition) is 3. The van der Waals surface area contributed by atoms with Gasteiger partial charge < -0.3 is 5.73 Å². The van der Waals surface area contributed by atoms with E-state index in [4.69, 9.17) is 5.73 Å². The topological polar surface area (TPSA) is 84.7 Å². The molecule has 3 rings (SSSR count). The molecule has 0 bridgehead atoms. The number of hydrogen-bond donors (Lipinski definition) is 2. The highest BCUT2D eigenvalue weighted by Crippen LogP contribution is 2.32. The monoisotopic (exact) mass is 324 g/mol. The molecule has 1 aromatic carbocycles. The molecule has 5 nitrogen and oxygen atoms in total. The maximum atomic E-state index is 13.2. The Hall–Kier alpha value is -3.02. The summed E-state index contributed by atoms with van der Waals surface area (Å²) >= 11 is 0. The van der Waals surface area contributed by atoms with Gasteiger partial charge in [-0.05, 0) is 49.2 Å². The van der Waals surface area contributed by atoms with Gasteiger partial charge in [0.15, 0.2) is 0 Å². The molecule has 0 unspecified atom stereocenters. The standard InChI is InChI=1S/C18H17FN4O/c19-13-9-7-12(8-10-13)18-17(14-4-1-2-11-21-14)15(22-23-18)5-3-6-16(20)24/h1-2,4,7-11H,3,5-6H2,(H2,20,24)(H,22,23). The van der Waals surface area contributed by atoms with Crippen molar-refractivity contribution >= 4 is 5.91 Å². The van der Waals surface area contributed by atoms with E-state index in [-0.39, 0.29) is 11.7 Å². The Kier molecular flexibility index (Phi) is 4.65. The lowest BCUT2D eigenvalue weighted by Gasteiger charge is -2.06. The van der Waals surface area contributed by atoms with Crippen molar-refractivity contribution < 1.29 is 9.18 Å². The number of nitrogens with one attached hydrogen (secondary N) is 1. The van der Waals surface area contributed by atoms with E-state index in [2.05, 4.69) is 15.2 Å². The van der Waals surface area contributed by atoms with E-state index >= 15 is 0 Å². The highest BCUT2D eigenvalue weighted by molar-refractivity contribution is 5.81. The summed E-state index contributed by atoms with van der Waals surface area (Å²) in [6.07, 6.45) is 3.28. The van der Waals surface area contributed by atoms with Crippen molar-refractivity contribution in [3.63, 3.8) is 0 Å². The Balaban J connectivity index is 2.01. The van der Waals surface area contributed by atoms with Gasteiger partial charge in [0.25, 0.3) is 0 Å². The quantitative estimate of drug-likeness (QED) is 0.730.